The number of nitrogens with one attached hydrogen (secondary N) is 1. The number of ether oxygens (including phenoxy) is 2. The summed E-state index contributed by atoms with van der Waals surface area (Å²) in [7, 11) is 3.04. The van der Waals surface area contributed by atoms with Crippen LogP contribution in [0.3, 0.4) is 0 Å². The van der Waals surface area contributed by atoms with Crippen molar-refractivity contribution in [3.8, 4) is 23.0 Å². The summed E-state index contributed by atoms with van der Waals surface area (Å²) >= 11 is 0. The molecule has 1 unspecified atom stereocenters. The SMILES string of the molecule is CCCCCC(C=CC(=O)CCc1ccc(O)c(OC)c1)Cc1cc(NC(N)=NC2CCCCC2)c(O)c(OC)c1. The van der Waals surface area contributed by atoms with Crippen LogP contribution in [-0.2, 0) is 17.6 Å². The number of rotatable bonds is 15. The van der Waals surface area contributed by atoms with E-state index in [1.54, 1.807) is 24.3 Å². The first kappa shape index (κ1) is 31.8. The molecule has 224 valence electrons. The zero-order valence-corrected chi connectivity index (χ0v) is 24.8. The number of benzene rings is 2. The van der Waals surface area contributed by atoms with Crippen LogP contribution in [0.5, 0.6) is 23.0 Å². The topological polar surface area (TPSA) is 126 Å². The summed E-state index contributed by atoms with van der Waals surface area (Å²) in [4.78, 5) is 17.4. The van der Waals surface area contributed by atoms with Crippen molar-refractivity contribution in [2.75, 3.05) is 19.5 Å². The molecule has 1 fully saturated rings. The van der Waals surface area contributed by atoms with Crippen LogP contribution < -0.4 is 20.5 Å². The Kier molecular flexibility index (Phi) is 12.9. The molecule has 8 heteroatoms. The molecule has 5 N–H and O–H groups in total. The maximum atomic E-state index is 12.8. The third-order valence-electron chi connectivity index (χ3n) is 7.65. The third-order valence-corrected chi connectivity index (χ3v) is 7.65. The van der Waals surface area contributed by atoms with Crippen molar-refractivity contribution in [3.05, 3.63) is 53.6 Å². The first-order valence-electron chi connectivity index (χ1n) is 14.9. The Balaban J connectivity index is 1.70. The Labute approximate surface area is 244 Å². The van der Waals surface area contributed by atoms with Crippen LogP contribution in [0.25, 0.3) is 0 Å². The maximum Gasteiger partial charge on any atom is 0.193 e. The van der Waals surface area contributed by atoms with Crippen molar-refractivity contribution in [3.63, 3.8) is 0 Å². The van der Waals surface area contributed by atoms with Crippen LogP contribution in [0.2, 0.25) is 0 Å². The van der Waals surface area contributed by atoms with E-state index < -0.39 is 0 Å². The molecule has 0 spiro atoms. The fraction of sp³-hybridized carbons (Fsp3) is 0.515. The standard InChI is InChI=1S/C33H47N3O5/c1-4-5-7-10-23(13-16-27(37)17-14-24-15-18-29(38)30(21-24)40-2)19-25-20-28(32(39)31(22-25)41-3)36-33(34)35-26-11-8-6-9-12-26/h13,15-16,18,20-23,26,38-39H,4-12,14,17,19H2,1-3H3,(H3,34,35,36). The van der Waals surface area contributed by atoms with Gasteiger partial charge in [-0.25, -0.2) is 4.99 Å². The second-order valence-electron chi connectivity index (χ2n) is 10.9. The average molecular weight is 566 g/mol. The first-order chi connectivity index (χ1) is 19.8. The molecule has 1 saturated carbocycles. The minimum atomic E-state index is -0.00263. The number of phenolic OH excluding ortho intramolecular Hbond substituents is 2. The van der Waals surface area contributed by atoms with Gasteiger partial charge in [-0.1, -0.05) is 57.6 Å². The molecule has 8 nitrogen and oxygen atoms in total. The molecule has 2 aromatic rings. The molecule has 1 aliphatic carbocycles. The average Bonchev–Trinajstić information content (AvgIpc) is 2.97. The molecule has 0 amide bonds. The molecule has 2 aromatic carbocycles. The van der Waals surface area contributed by atoms with Crippen LogP contribution in [0, 0.1) is 5.92 Å². The Morgan fingerprint density at radius 1 is 1.07 bits per heavy atom. The molecular formula is C33H47N3O5. The summed E-state index contributed by atoms with van der Waals surface area (Å²) in [5, 5.41) is 23.7. The fourth-order valence-corrected chi connectivity index (χ4v) is 5.31. The number of aryl methyl sites for hydroxylation is 1. The summed E-state index contributed by atoms with van der Waals surface area (Å²) in [5.74, 6) is 1.35. The van der Waals surface area contributed by atoms with Crippen LogP contribution >= 0.6 is 0 Å². The van der Waals surface area contributed by atoms with Crippen LogP contribution in [0.1, 0.15) is 82.3 Å². The highest BCUT2D eigenvalue weighted by Gasteiger charge is 2.17. The number of unbranched alkanes of at least 4 members (excludes halogenated alkanes) is 2. The summed E-state index contributed by atoms with van der Waals surface area (Å²) in [6.45, 7) is 2.18. The van der Waals surface area contributed by atoms with Gasteiger partial charge in [0.05, 0.1) is 25.9 Å². The predicted octanol–water partition coefficient (Wildman–Crippen LogP) is 6.67. The van der Waals surface area contributed by atoms with Crippen molar-refractivity contribution in [1.29, 1.82) is 0 Å². The van der Waals surface area contributed by atoms with E-state index in [0.717, 1.165) is 62.5 Å². The first-order valence-corrected chi connectivity index (χ1v) is 14.9. The summed E-state index contributed by atoms with van der Waals surface area (Å²) in [6.07, 6.45) is 15.2. The zero-order chi connectivity index (χ0) is 29.6. The summed E-state index contributed by atoms with van der Waals surface area (Å²) in [6, 6.07) is 9.10. The Morgan fingerprint density at radius 3 is 2.51 bits per heavy atom. The molecule has 0 saturated heterocycles. The largest absolute Gasteiger partial charge is 0.504 e. The van der Waals surface area contributed by atoms with Crippen LogP contribution in [0.15, 0.2) is 47.5 Å². The van der Waals surface area contributed by atoms with Crippen molar-refractivity contribution in [2.24, 2.45) is 16.6 Å². The lowest BCUT2D eigenvalue weighted by Crippen LogP contribution is -2.26. The minimum absolute atomic E-state index is 0.00263. The lowest BCUT2D eigenvalue weighted by atomic mass is 9.92. The summed E-state index contributed by atoms with van der Waals surface area (Å²) < 4.78 is 10.6. The van der Waals surface area contributed by atoms with Gasteiger partial charge < -0.3 is 30.7 Å². The van der Waals surface area contributed by atoms with E-state index in [9.17, 15) is 15.0 Å². The highest BCUT2D eigenvalue weighted by molar-refractivity contribution is 5.94. The number of allylic oxidation sites excluding steroid dienone is 2. The third kappa shape index (κ3) is 10.3. The number of guanidine groups is 1. The van der Waals surface area contributed by atoms with Crippen molar-refractivity contribution < 1.29 is 24.5 Å². The number of methoxy groups -OCH3 is 2. The number of anilines is 1. The second kappa shape index (κ2) is 16.6. The lowest BCUT2D eigenvalue weighted by molar-refractivity contribution is -0.114. The normalized spacial score (nSPS) is 15.1. The van der Waals surface area contributed by atoms with E-state index in [0.29, 0.717) is 42.4 Å². The monoisotopic (exact) mass is 565 g/mol. The highest BCUT2D eigenvalue weighted by atomic mass is 16.5. The Bertz CT molecular complexity index is 1190. The smallest absolute Gasteiger partial charge is 0.193 e. The van der Waals surface area contributed by atoms with Gasteiger partial charge >= 0.3 is 0 Å². The molecule has 0 heterocycles. The second-order valence-corrected chi connectivity index (χ2v) is 10.9. The molecule has 0 radical (unpaired) electrons. The zero-order valence-electron chi connectivity index (χ0n) is 24.8. The van der Waals surface area contributed by atoms with Crippen LogP contribution in [-0.4, -0.2) is 42.2 Å². The number of carbonyl (C=O) groups is 1. The molecule has 3 rings (SSSR count). The van der Waals surface area contributed by atoms with Gasteiger partial charge in [0.1, 0.15) is 0 Å². The van der Waals surface area contributed by atoms with Crippen LogP contribution in [0.4, 0.5) is 5.69 Å². The number of nitrogens with two attached hydrogens (primary N) is 1. The quantitative estimate of drug-likeness (QED) is 0.0624. The number of hydrogen-bond donors (Lipinski definition) is 4. The van der Waals surface area contributed by atoms with E-state index in [1.165, 1.54) is 20.6 Å². The molecule has 0 aromatic heterocycles. The van der Waals surface area contributed by atoms with Gasteiger partial charge in [0.2, 0.25) is 0 Å². The van der Waals surface area contributed by atoms with Gasteiger partial charge in [-0.3, -0.25) is 4.79 Å². The van der Waals surface area contributed by atoms with Gasteiger partial charge in [-0.2, -0.15) is 0 Å². The molecule has 41 heavy (non-hydrogen) atoms. The molecule has 0 aliphatic heterocycles. The number of nitrogens with zero attached hydrogens (tertiary/aromatic N) is 1. The van der Waals surface area contributed by atoms with Gasteiger partial charge in [-0.05, 0) is 79.5 Å². The van der Waals surface area contributed by atoms with Gasteiger partial charge in [0.15, 0.2) is 34.7 Å². The van der Waals surface area contributed by atoms with Gasteiger partial charge in [0, 0.05) is 6.42 Å². The molecule has 1 atom stereocenters. The van der Waals surface area contributed by atoms with E-state index >= 15 is 0 Å². The van der Waals surface area contributed by atoms with E-state index in [-0.39, 0.29) is 29.2 Å². The number of carbonyl (C=O) groups excluding carboxylic acids is 1. The van der Waals surface area contributed by atoms with Gasteiger partial charge in [-0.15, -0.1) is 0 Å². The Morgan fingerprint density at radius 2 is 1.80 bits per heavy atom. The highest BCUT2D eigenvalue weighted by Crippen LogP contribution is 2.37. The van der Waals surface area contributed by atoms with E-state index in [1.807, 2.05) is 18.2 Å². The van der Waals surface area contributed by atoms with E-state index in [4.69, 9.17) is 15.2 Å². The number of aromatic hydroxyl groups is 2. The van der Waals surface area contributed by atoms with Gasteiger partial charge in [0.25, 0.3) is 0 Å². The van der Waals surface area contributed by atoms with Crippen molar-refractivity contribution in [1.82, 2.24) is 0 Å². The molecular weight excluding hydrogens is 518 g/mol. The van der Waals surface area contributed by atoms with E-state index in [2.05, 4.69) is 17.2 Å². The minimum Gasteiger partial charge on any atom is -0.504 e. The fourth-order valence-electron chi connectivity index (χ4n) is 5.31. The molecule has 1 aliphatic rings. The summed E-state index contributed by atoms with van der Waals surface area (Å²) in [5.41, 5.74) is 8.60. The van der Waals surface area contributed by atoms with Crippen molar-refractivity contribution >= 4 is 17.4 Å². The number of phenols is 2. The predicted molar refractivity (Wildman–Crippen MR) is 165 cm³/mol. The number of hydrogen-bond acceptors (Lipinski definition) is 6. The number of ketones is 1. The van der Waals surface area contributed by atoms with Crippen molar-refractivity contribution in [2.45, 2.75) is 90.0 Å². The number of aliphatic imine (C=N–C) groups is 1. The molecule has 0 bridgehead atoms. The maximum absolute atomic E-state index is 12.8. The Hall–Kier alpha value is -3.68. The lowest BCUT2D eigenvalue weighted by Gasteiger charge is -2.19.